The Morgan fingerprint density at radius 3 is 3.00 bits per heavy atom. The Bertz CT molecular complexity index is 567. The second kappa shape index (κ2) is 5.26. The first-order chi connectivity index (χ1) is 10.6. The van der Waals surface area contributed by atoms with Crippen molar-refractivity contribution in [1.29, 1.82) is 0 Å². The summed E-state index contributed by atoms with van der Waals surface area (Å²) in [6.45, 7) is 5.21. The highest BCUT2D eigenvalue weighted by molar-refractivity contribution is 5.40. The molecule has 5 atom stereocenters. The number of aliphatic hydroxyl groups excluding tert-OH is 1. The third-order valence-corrected chi connectivity index (χ3v) is 6.76. The van der Waals surface area contributed by atoms with Crippen LogP contribution in [-0.2, 0) is 6.42 Å². The summed E-state index contributed by atoms with van der Waals surface area (Å²) in [6.07, 6.45) is 7.05. The van der Waals surface area contributed by atoms with Crippen LogP contribution in [0.5, 0.6) is 5.75 Å². The van der Waals surface area contributed by atoms with Gasteiger partial charge in [-0.2, -0.15) is 0 Å². The van der Waals surface area contributed by atoms with Crippen molar-refractivity contribution in [2.45, 2.75) is 64.4 Å². The summed E-state index contributed by atoms with van der Waals surface area (Å²) in [6, 6.07) is 6.75. The van der Waals surface area contributed by atoms with E-state index in [4.69, 9.17) is 4.74 Å². The Kier molecular flexibility index (Phi) is 3.48. The molecule has 3 aliphatic carbocycles. The van der Waals surface area contributed by atoms with Crippen LogP contribution >= 0.6 is 0 Å². The molecule has 2 nitrogen and oxygen atoms in total. The molecule has 0 heterocycles. The Morgan fingerprint density at radius 2 is 2.18 bits per heavy atom. The monoisotopic (exact) mass is 300 g/mol. The van der Waals surface area contributed by atoms with E-state index >= 15 is 0 Å². The van der Waals surface area contributed by atoms with Gasteiger partial charge < -0.3 is 9.84 Å². The van der Waals surface area contributed by atoms with Gasteiger partial charge in [-0.05, 0) is 91.9 Å². The van der Waals surface area contributed by atoms with Crippen LogP contribution < -0.4 is 4.74 Å². The van der Waals surface area contributed by atoms with Crippen LogP contribution in [0.4, 0.5) is 0 Å². The topological polar surface area (TPSA) is 29.5 Å². The zero-order chi connectivity index (χ0) is 15.3. The lowest BCUT2D eigenvalue weighted by Gasteiger charge is -2.49. The van der Waals surface area contributed by atoms with Crippen molar-refractivity contribution >= 4 is 0 Å². The predicted molar refractivity (Wildman–Crippen MR) is 88.2 cm³/mol. The van der Waals surface area contributed by atoms with Gasteiger partial charge in [-0.25, -0.2) is 0 Å². The number of benzene rings is 1. The Labute approximate surface area is 133 Å². The summed E-state index contributed by atoms with van der Waals surface area (Å²) in [5.74, 6) is 3.24. The van der Waals surface area contributed by atoms with E-state index in [1.807, 2.05) is 6.92 Å². The molecule has 0 saturated heterocycles. The Hall–Kier alpha value is -1.02. The maximum Gasteiger partial charge on any atom is 0.119 e. The zero-order valence-corrected chi connectivity index (χ0v) is 13.8. The van der Waals surface area contributed by atoms with Crippen LogP contribution in [0.2, 0.25) is 0 Å². The lowest BCUT2D eigenvalue weighted by Crippen LogP contribution is -2.39. The molecular formula is C20H28O2. The molecule has 2 fully saturated rings. The van der Waals surface area contributed by atoms with Gasteiger partial charge in [0.05, 0.1) is 12.7 Å². The van der Waals surface area contributed by atoms with Gasteiger partial charge in [0.2, 0.25) is 0 Å². The van der Waals surface area contributed by atoms with E-state index < -0.39 is 0 Å². The van der Waals surface area contributed by atoms with E-state index in [1.54, 1.807) is 5.56 Å². The highest BCUT2D eigenvalue weighted by atomic mass is 16.5. The maximum atomic E-state index is 10.2. The third-order valence-electron chi connectivity index (χ3n) is 6.76. The minimum absolute atomic E-state index is 0.0597. The van der Waals surface area contributed by atoms with Crippen LogP contribution in [-0.4, -0.2) is 17.8 Å². The zero-order valence-electron chi connectivity index (χ0n) is 13.8. The molecule has 2 saturated carbocycles. The molecule has 120 valence electrons. The van der Waals surface area contributed by atoms with Gasteiger partial charge in [-0.1, -0.05) is 13.0 Å². The number of aryl methyl sites for hydroxylation is 1. The summed E-state index contributed by atoms with van der Waals surface area (Å²) in [5.41, 5.74) is 3.47. The largest absolute Gasteiger partial charge is 0.494 e. The summed E-state index contributed by atoms with van der Waals surface area (Å²) in [4.78, 5) is 0. The van der Waals surface area contributed by atoms with Crippen molar-refractivity contribution < 1.29 is 9.84 Å². The van der Waals surface area contributed by atoms with Gasteiger partial charge in [-0.3, -0.25) is 0 Å². The second-order valence-corrected chi connectivity index (χ2v) is 8.00. The van der Waals surface area contributed by atoms with Crippen molar-refractivity contribution in [3.8, 4) is 5.75 Å². The van der Waals surface area contributed by atoms with Gasteiger partial charge in [0.15, 0.2) is 0 Å². The fraction of sp³-hybridized carbons (Fsp3) is 0.700. The number of ether oxygens (including phenoxy) is 1. The van der Waals surface area contributed by atoms with E-state index in [0.717, 1.165) is 37.0 Å². The summed E-state index contributed by atoms with van der Waals surface area (Å²) in [7, 11) is 0. The average molecular weight is 300 g/mol. The van der Waals surface area contributed by atoms with Crippen LogP contribution in [0.3, 0.4) is 0 Å². The smallest absolute Gasteiger partial charge is 0.119 e. The molecule has 1 aromatic rings. The Morgan fingerprint density at radius 1 is 1.32 bits per heavy atom. The van der Waals surface area contributed by atoms with E-state index in [-0.39, 0.29) is 6.10 Å². The van der Waals surface area contributed by atoms with Crippen molar-refractivity contribution in [2.24, 2.45) is 17.3 Å². The molecular weight excluding hydrogens is 272 g/mol. The van der Waals surface area contributed by atoms with Crippen LogP contribution in [0, 0.1) is 17.3 Å². The number of hydrogen-bond acceptors (Lipinski definition) is 2. The lowest BCUT2D eigenvalue weighted by molar-refractivity contribution is 0.0595. The highest BCUT2D eigenvalue weighted by Crippen LogP contribution is 2.60. The van der Waals surface area contributed by atoms with Crippen molar-refractivity contribution in [3.05, 3.63) is 29.3 Å². The molecule has 2 heteroatoms. The van der Waals surface area contributed by atoms with Gasteiger partial charge in [0.25, 0.3) is 0 Å². The van der Waals surface area contributed by atoms with Crippen LogP contribution in [0.1, 0.15) is 63.0 Å². The SMILES string of the molecule is CCOc1ccc2c(c1)CC[C@@H]1[C@@H]2CC[C@@]2(C)C[C@@H](O)C[C@H]12. The molecule has 3 aliphatic rings. The summed E-state index contributed by atoms with van der Waals surface area (Å²) >= 11 is 0. The fourth-order valence-corrected chi connectivity index (χ4v) is 5.84. The number of rotatable bonds is 2. The van der Waals surface area contributed by atoms with Crippen molar-refractivity contribution in [2.75, 3.05) is 6.61 Å². The molecule has 0 bridgehead atoms. The van der Waals surface area contributed by atoms with Crippen molar-refractivity contribution in [3.63, 3.8) is 0 Å². The van der Waals surface area contributed by atoms with Crippen LogP contribution in [0.25, 0.3) is 0 Å². The number of aliphatic hydroxyl groups is 1. The molecule has 0 aromatic heterocycles. The van der Waals surface area contributed by atoms with Gasteiger partial charge >= 0.3 is 0 Å². The highest BCUT2D eigenvalue weighted by Gasteiger charge is 2.52. The standard InChI is InChI=1S/C20H28O2/c1-3-22-15-5-7-16-13(10-15)4-6-18-17(16)8-9-20(2)12-14(21)11-19(18)20/h5,7,10,14,17-19,21H,3-4,6,8-9,11-12H2,1-2H3/t14-,17+,18+,19+,20-/m0/s1. The summed E-state index contributed by atoms with van der Waals surface area (Å²) < 4.78 is 5.67. The molecule has 22 heavy (non-hydrogen) atoms. The van der Waals surface area contributed by atoms with E-state index in [1.165, 1.54) is 31.2 Å². The molecule has 0 unspecified atom stereocenters. The number of hydrogen-bond donors (Lipinski definition) is 1. The third kappa shape index (κ3) is 2.19. The molecule has 1 N–H and O–H groups in total. The first kappa shape index (κ1) is 14.6. The summed E-state index contributed by atoms with van der Waals surface area (Å²) in [5, 5.41) is 10.2. The van der Waals surface area contributed by atoms with Gasteiger partial charge in [0, 0.05) is 0 Å². The maximum absolute atomic E-state index is 10.2. The molecule has 4 rings (SSSR count). The normalized spacial score (nSPS) is 39.8. The fourth-order valence-electron chi connectivity index (χ4n) is 5.84. The molecule has 1 aromatic carbocycles. The lowest BCUT2D eigenvalue weighted by atomic mass is 9.56. The van der Waals surface area contributed by atoms with E-state index in [2.05, 4.69) is 25.1 Å². The van der Waals surface area contributed by atoms with Gasteiger partial charge in [0.1, 0.15) is 5.75 Å². The molecule has 0 spiro atoms. The molecule has 0 amide bonds. The van der Waals surface area contributed by atoms with E-state index in [0.29, 0.717) is 11.3 Å². The molecule has 0 aliphatic heterocycles. The minimum atomic E-state index is -0.0597. The average Bonchev–Trinajstić information content (AvgIpc) is 2.81. The minimum Gasteiger partial charge on any atom is -0.494 e. The van der Waals surface area contributed by atoms with Crippen LogP contribution in [0.15, 0.2) is 18.2 Å². The first-order valence-corrected chi connectivity index (χ1v) is 9.04. The Balaban J connectivity index is 1.64. The van der Waals surface area contributed by atoms with E-state index in [9.17, 15) is 5.11 Å². The molecule has 0 radical (unpaired) electrons. The van der Waals surface area contributed by atoms with Crippen molar-refractivity contribution in [1.82, 2.24) is 0 Å². The second-order valence-electron chi connectivity index (χ2n) is 8.00. The number of fused-ring (bicyclic) bond motifs is 5. The predicted octanol–water partition coefficient (Wildman–Crippen LogP) is 4.30. The quantitative estimate of drug-likeness (QED) is 0.882. The van der Waals surface area contributed by atoms with Gasteiger partial charge in [-0.15, -0.1) is 0 Å². The first-order valence-electron chi connectivity index (χ1n) is 9.04.